The van der Waals surface area contributed by atoms with Crippen molar-refractivity contribution in [3.63, 3.8) is 0 Å². The van der Waals surface area contributed by atoms with Gasteiger partial charge in [0, 0.05) is 0 Å². The molecule has 0 saturated heterocycles. The van der Waals surface area contributed by atoms with E-state index in [1.807, 2.05) is 0 Å². The highest BCUT2D eigenvalue weighted by Gasteiger charge is 1.90. The Morgan fingerprint density at radius 1 is 1.25 bits per heavy atom. The third-order valence-corrected chi connectivity index (χ3v) is 0.661. The minimum absolute atomic E-state index is 0.425. The van der Waals surface area contributed by atoms with E-state index in [4.69, 9.17) is 0 Å². The van der Waals surface area contributed by atoms with Crippen molar-refractivity contribution in [1.29, 1.82) is 0 Å². The minimum Gasteiger partial charge on any atom is -0.618 e. The Morgan fingerprint density at radius 3 is 2.38 bits per heavy atom. The lowest BCUT2D eigenvalue weighted by Crippen LogP contribution is -2.34. The van der Waals surface area contributed by atoms with Gasteiger partial charge in [-0.2, -0.15) is 9.46 Å². The van der Waals surface area contributed by atoms with Gasteiger partial charge < -0.3 is 10.4 Å². The van der Waals surface area contributed by atoms with E-state index in [1.165, 1.54) is 0 Å². The van der Waals surface area contributed by atoms with E-state index in [0.29, 0.717) is 9.46 Å². The molecule has 0 saturated carbocycles. The average Bonchev–Trinajstić information content (AvgIpc) is 1.77. The van der Waals surface area contributed by atoms with Crippen molar-refractivity contribution < 1.29 is 9.46 Å². The molecule has 0 unspecified atom stereocenters. The molecule has 0 aromatic carbocycles. The van der Waals surface area contributed by atoms with Crippen LogP contribution in [0.5, 0.6) is 0 Å². The van der Waals surface area contributed by atoms with Gasteiger partial charge in [0.2, 0.25) is 12.4 Å². The van der Waals surface area contributed by atoms with Gasteiger partial charge in [-0.15, -0.1) is 0 Å². The summed E-state index contributed by atoms with van der Waals surface area (Å²) >= 11 is 0. The smallest absolute Gasteiger partial charge is 0.361 e. The van der Waals surface area contributed by atoms with Gasteiger partial charge in [-0.25, -0.2) is 0 Å². The molecular formula is C4H3N2O2. The largest absolute Gasteiger partial charge is 0.618 e. The predicted octanol–water partition coefficient (Wildman–Crippen LogP) is -1.25. The topological polar surface area (TPSA) is 53.9 Å². The van der Waals surface area contributed by atoms with Gasteiger partial charge >= 0.3 is 6.20 Å². The molecule has 0 N–H and O–H groups in total. The summed E-state index contributed by atoms with van der Waals surface area (Å²) in [4.78, 5) is 0. The lowest BCUT2D eigenvalue weighted by Gasteiger charge is -1.91. The van der Waals surface area contributed by atoms with Crippen molar-refractivity contribution in [2.75, 3.05) is 0 Å². The van der Waals surface area contributed by atoms with Crippen LogP contribution in [0.15, 0.2) is 18.6 Å². The zero-order valence-electron chi connectivity index (χ0n) is 3.94. The van der Waals surface area contributed by atoms with E-state index in [1.54, 1.807) is 0 Å². The van der Waals surface area contributed by atoms with Crippen LogP contribution in [0.4, 0.5) is 0 Å². The number of aromatic nitrogens is 2. The van der Waals surface area contributed by atoms with E-state index in [2.05, 4.69) is 6.20 Å². The summed E-state index contributed by atoms with van der Waals surface area (Å²) in [7, 11) is 0. The van der Waals surface area contributed by atoms with Crippen molar-refractivity contribution in [2.45, 2.75) is 0 Å². The second-order valence-corrected chi connectivity index (χ2v) is 1.24. The molecule has 0 spiro atoms. The van der Waals surface area contributed by atoms with Crippen molar-refractivity contribution in [2.24, 2.45) is 0 Å². The van der Waals surface area contributed by atoms with Crippen LogP contribution in [0.25, 0.3) is 0 Å². The Morgan fingerprint density at radius 2 is 2.00 bits per heavy atom. The van der Waals surface area contributed by atoms with Crippen LogP contribution < -0.4 is 9.46 Å². The predicted molar refractivity (Wildman–Crippen MR) is 23.2 cm³/mol. The average molecular weight is 111 g/mol. The minimum atomic E-state index is 0.425. The molecule has 0 atom stereocenters. The van der Waals surface area contributed by atoms with Crippen LogP contribution in [-0.2, 0) is 0 Å². The van der Waals surface area contributed by atoms with Gasteiger partial charge in [0.25, 0.3) is 6.20 Å². The zero-order valence-corrected chi connectivity index (χ0v) is 3.94. The summed E-state index contributed by atoms with van der Waals surface area (Å²) in [6.45, 7) is 0. The molecule has 1 rings (SSSR count). The number of rotatable bonds is 0. The molecule has 0 amide bonds. The fourth-order valence-electron chi connectivity index (χ4n) is 0.326. The van der Waals surface area contributed by atoms with Gasteiger partial charge in [0.15, 0.2) is 0 Å². The Balaban J connectivity index is 3.03. The molecule has 4 nitrogen and oxygen atoms in total. The van der Waals surface area contributed by atoms with Crippen LogP contribution in [0, 0.1) is 16.6 Å². The summed E-state index contributed by atoms with van der Waals surface area (Å²) in [6.07, 6.45) is 5.30. The summed E-state index contributed by atoms with van der Waals surface area (Å²) in [5, 5.41) is 20.3. The van der Waals surface area contributed by atoms with Crippen molar-refractivity contribution in [1.82, 2.24) is 0 Å². The van der Waals surface area contributed by atoms with Gasteiger partial charge in [-0.3, -0.25) is 0 Å². The van der Waals surface area contributed by atoms with E-state index in [9.17, 15) is 10.4 Å². The molecule has 4 heteroatoms. The summed E-state index contributed by atoms with van der Waals surface area (Å²) in [5.41, 5.74) is 0. The highest BCUT2D eigenvalue weighted by molar-refractivity contribution is 4.51. The van der Waals surface area contributed by atoms with Crippen molar-refractivity contribution in [3.8, 4) is 0 Å². The first-order valence-corrected chi connectivity index (χ1v) is 1.99. The molecule has 0 fully saturated rings. The quantitative estimate of drug-likeness (QED) is 0.310. The molecule has 8 heavy (non-hydrogen) atoms. The van der Waals surface area contributed by atoms with Crippen LogP contribution in [0.2, 0.25) is 0 Å². The number of nitrogens with zero attached hydrogens (tertiary/aromatic N) is 2. The zero-order chi connectivity index (χ0) is 5.98. The molecule has 41 valence electrons. The Hall–Kier alpha value is -1.32. The maximum absolute atomic E-state index is 10.2. The van der Waals surface area contributed by atoms with E-state index in [0.717, 1.165) is 18.6 Å². The van der Waals surface area contributed by atoms with Crippen molar-refractivity contribution in [3.05, 3.63) is 35.2 Å². The number of hydrogen-bond acceptors (Lipinski definition) is 2. The van der Waals surface area contributed by atoms with Crippen LogP contribution >= 0.6 is 0 Å². The maximum atomic E-state index is 10.2. The molecule has 0 aliphatic heterocycles. The second-order valence-electron chi connectivity index (χ2n) is 1.24. The van der Waals surface area contributed by atoms with Gasteiger partial charge in [-0.05, 0) is 0 Å². The molecule has 0 bridgehead atoms. The molecule has 1 aromatic rings. The van der Waals surface area contributed by atoms with Gasteiger partial charge in [0.05, 0.1) is 0 Å². The Bertz CT molecular complexity index is 151. The molecule has 0 aliphatic carbocycles. The van der Waals surface area contributed by atoms with Gasteiger partial charge in [-0.1, -0.05) is 0 Å². The first-order valence-electron chi connectivity index (χ1n) is 1.99. The Kier molecular flexibility index (Phi) is 0.997. The summed E-state index contributed by atoms with van der Waals surface area (Å²) in [6, 6.07) is 0. The second kappa shape index (κ2) is 1.65. The van der Waals surface area contributed by atoms with Crippen molar-refractivity contribution >= 4 is 0 Å². The third-order valence-electron chi connectivity index (χ3n) is 0.661. The lowest BCUT2D eigenvalue weighted by atomic mass is 10.8. The number of hydrogen-bond donors (Lipinski definition) is 0. The molecular weight excluding hydrogens is 108 g/mol. The van der Waals surface area contributed by atoms with Crippen LogP contribution in [0.1, 0.15) is 0 Å². The monoisotopic (exact) mass is 111 g/mol. The van der Waals surface area contributed by atoms with Gasteiger partial charge in [0.1, 0.15) is 0 Å². The standard InChI is InChI=1S/C4H3N2O2/c7-5-1-2-6(8)4-3-5/h1-3H. The van der Waals surface area contributed by atoms with Crippen LogP contribution in [-0.4, -0.2) is 0 Å². The fourth-order valence-corrected chi connectivity index (χ4v) is 0.326. The Labute approximate surface area is 45.8 Å². The molecule has 0 aliphatic rings. The normalized spacial score (nSPS) is 9.00. The van der Waals surface area contributed by atoms with E-state index >= 15 is 0 Å². The van der Waals surface area contributed by atoms with Crippen LogP contribution in [0.3, 0.4) is 0 Å². The highest BCUT2D eigenvalue weighted by Crippen LogP contribution is 1.60. The third kappa shape index (κ3) is 0.841. The molecule has 1 aromatic heterocycles. The summed E-state index contributed by atoms with van der Waals surface area (Å²) < 4.78 is 0.919. The first-order chi connectivity index (χ1) is 3.79. The fraction of sp³-hybridized carbons (Fsp3) is 0. The molecule has 1 heterocycles. The van der Waals surface area contributed by atoms with E-state index in [-0.39, 0.29) is 0 Å². The summed E-state index contributed by atoms with van der Waals surface area (Å²) in [5.74, 6) is 0. The highest BCUT2D eigenvalue weighted by atomic mass is 16.5. The van der Waals surface area contributed by atoms with E-state index < -0.39 is 0 Å². The molecule has 1 radical (unpaired) electrons. The maximum Gasteiger partial charge on any atom is 0.361 e. The first kappa shape index (κ1) is 4.83. The lowest BCUT2D eigenvalue weighted by molar-refractivity contribution is -0.668. The SMILES string of the molecule is [O-][n+]1[c]c[n+]([O-])cc1.